The van der Waals surface area contributed by atoms with Crippen LogP contribution in [0, 0.1) is 11.8 Å². The van der Waals surface area contributed by atoms with Gasteiger partial charge in [-0.15, -0.1) is 0 Å². The smallest absolute Gasteiger partial charge is 0.0499 e. The van der Waals surface area contributed by atoms with Gasteiger partial charge in [0, 0.05) is 15.0 Å². The number of rotatable bonds is 4. The number of halogens is 2. The van der Waals surface area contributed by atoms with Gasteiger partial charge < -0.3 is 0 Å². The van der Waals surface area contributed by atoms with Gasteiger partial charge in [-0.1, -0.05) is 58.0 Å². The second-order valence-electron chi connectivity index (χ2n) is 5.50. The average molecular weight is 390 g/mol. The molecule has 0 spiro atoms. The maximum absolute atomic E-state index is 5.84. The van der Waals surface area contributed by atoms with E-state index in [4.69, 9.17) is 5.84 Å². The van der Waals surface area contributed by atoms with E-state index in [9.17, 15) is 0 Å². The van der Waals surface area contributed by atoms with Crippen LogP contribution in [0.4, 0.5) is 0 Å². The molecule has 2 nitrogen and oxygen atoms in total. The van der Waals surface area contributed by atoms with Crippen LogP contribution in [0.1, 0.15) is 50.6 Å². The molecule has 1 aromatic rings. The highest BCUT2D eigenvalue weighted by Crippen LogP contribution is 2.40. The number of nitrogens with one attached hydrogen (secondary N) is 1. The van der Waals surface area contributed by atoms with Gasteiger partial charge in [-0.25, -0.2) is 0 Å². The molecule has 0 saturated heterocycles. The van der Waals surface area contributed by atoms with E-state index in [1.165, 1.54) is 37.7 Å². The molecule has 1 unspecified atom stereocenters. The molecule has 0 heterocycles. The molecule has 4 heteroatoms. The molecule has 0 aromatic heterocycles. The first kappa shape index (κ1) is 15.5. The van der Waals surface area contributed by atoms with E-state index in [0.29, 0.717) is 5.92 Å². The van der Waals surface area contributed by atoms with Gasteiger partial charge >= 0.3 is 0 Å². The Kier molecular flexibility index (Phi) is 5.87. The number of hydrogen-bond acceptors (Lipinski definition) is 2. The Morgan fingerprint density at radius 3 is 2.53 bits per heavy atom. The maximum atomic E-state index is 5.84. The standard InChI is InChI=1S/C15H22Br2N2/c1-2-10-3-5-11(6-4-10)15(19-18)13-9-12(16)7-8-14(13)17/h7-11,15,19H,2-6,18H2,1H3. The first-order valence-corrected chi connectivity index (χ1v) is 8.65. The van der Waals surface area contributed by atoms with Gasteiger partial charge in [0.25, 0.3) is 0 Å². The van der Waals surface area contributed by atoms with Crippen molar-refractivity contribution < 1.29 is 0 Å². The molecule has 2 rings (SSSR count). The molecule has 1 fully saturated rings. The van der Waals surface area contributed by atoms with Crippen molar-refractivity contribution in [2.75, 3.05) is 0 Å². The third-order valence-electron chi connectivity index (χ3n) is 4.41. The van der Waals surface area contributed by atoms with Gasteiger partial charge in [0.05, 0.1) is 0 Å². The Hall–Kier alpha value is 0.1000. The zero-order chi connectivity index (χ0) is 13.8. The molecule has 1 aliphatic rings. The van der Waals surface area contributed by atoms with Crippen LogP contribution >= 0.6 is 31.9 Å². The predicted octanol–water partition coefficient (Wildman–Crippen LogP) is 4.93. The molecule has 0 aliphatic heterocycles. The molecule has 1 saturated carbocycles. The fraction of sp³-hybridized carbons (Fsp3) is 0.600. The molecule has 0 amide bonds. The van der Waals surface area contributed by atoms with Crippen LogP contribution in [0.15, 0.2) is 27.1 Å². The van der Waals surface area contributed by atoms with Crippen molar-refractivity contribution in [3.63, 3.8) is 0 Å². The highest BCUT2D eigenvalue weighted by molar-refractivity contribution is 9.11. The lowest BCUT2D eigenvalue weighted by atomic mass is 9.76. The molecule has 3 N–H and O–H groups in total. The predicted molar refractivity (Wildman–Crippen MR) is 87.6 cm³/mol. The fourth-order valence-corrected chi connectivity index (χ4v) is 4.03. The van der Waals surface area contributed by atoms with Crippen LogP contribution in [-0.2, 0) is 0 Å². The summed E-state index contributed by atoms with van der Waals surface area (Å²) >= 11 is 7.20. The SMILES string of the molecule is CCC1CCC(C(NN)c2cc(Br)ccc2Br)CC1. The monoisotopic (exact) mass is 388 g/mol. The van der Waals surface area contributed by atoms with Crippen LogP contribution in [0.25, 0.3) is 0 Å². The number of benzene rings is 1. The zero-order valence-corrected chi connectivity index (χ0v) is 14.5. The van der Waals surface area contributed by atoms with Crippen molar-refractivity contribution in [3.8, 4) is 0 Å². The Morgan fingerprint density at radius 1 is 1.26 bits per heavy atom. The minimum absolute atomic E-state index is 0.240. The van der Waals surface area contributed by atoms with Crippen LogP contribution < -0.4 is 11.3 Å². The lowest BCUT2D eigenvalue weighted by Gasteiger charge is -2.34. The second kappa shape index (κ2) is 7.21. The van der Waals surface area contributed by atoms with E-state index < -0.39 is 0 Å². The third kappa shape index (κ3) is 3.81. The van der Waals surface area contributed by atoms with Gasteiger partial charge in [0.15, 0.2) is 0 Å². The Bertz CT molecular complexity index is 415. The van der Waals surface area contributed by atoms with Crippen LogP contribution in [-0.4, -0.2) is 0 Å². The summed E-state index contributed by atoms with van der Waals surface area (Å²) < 4.78 is 2.24. The third-order valence-corrected chi connectivity index (χ3v) is 5.63. The highest BCUT2D eigenvalue weighted by atomic mass is 79.9. The van der Waals surface area contributed by atoms with E-state index in [-0.39, 0.29) is 6.04 Å². The molecule has 0 bridgehead atoms. The average Bonchev–Trinajstić information content (AvgIpc) is 2.44. The Balaban J connectivity index is 2.14. The summed E-state index contributed by atoms with van der Waals surface area (Å²) in [7, 11) is 0. The van der Waals surface area contributed by atoms with Crippen LogP contribution in [0.3, 0.4) is 0 Å². The summed E-state index contributed by atoms with van der Waals surface area (Å²) in [5.74, 6) is 7.39. The van der Waals surface area contributed by atoms with Gasteiger partial charge in [-0.05, 0) is 48.4 Å². The molecule has 1 atom stereocenters. The highest BCUT2D eigenvalue weighted by Gasteiger charge is 2.28. The lowest BCUT2D eigenvalue weighted by molar-refractivity contribution is 0.219. The van der Waals surface area contributed by atoms with Crippen molar-refractivity contribution >= 4 is 31.9 Å². The van der Waals surface area contributed by atoms with Crippen molar-refractivity contribution in [3.05, 3.63) is 32.7 Å². The second-order valence-corrected chi connectivity index (χ2v) is 7.27. The largest absolute Gasteiger partial charge is 0.271 e. The Morgan fingerprint density at radius 2 is 1.95 bits per heavy atom. The fourth-order valence-electron chi connectivity index (χ4n) is 3.16. The van der Waals surface area contributed by atoms with Gasteiger partial charge in [-0.3, -0.25) is 11.3 Å². The summed E-state index contributed by atoms with van der Waals surface area (Å²) in [4.78, 5) is 0. The molecule has 1 aliphatic carbocycles. The van der Waals surface area contributed by atoms with Crippen LogP contribution in [0.5, 0.6) is 0 Å². The van der Waals surface area contributed by atoms with Crippen LogP contribution in [0.2, 0.25) is 0 Å². The normalized spacial score (nSPS) is 25.3. The first-order chi connectivity index (χ1) is 9.15. The maximum Gasteiger partial charge on any atom is 0.0499 e. The van der Waals surface area contributed by atoms with Crippen molar-refractivity contribution in [1.82, 2.24) is 5.43 Å². The van der Waals surface area contributed by atoms with E-state index in [1.807, 2.05) is 0 Å². The van der Waals surface area contributed by atoms with Crippen molar-refractivity contribution in [2.24, 2.45) is 17.7 Å². The zero-order valence-electron chi connectivity index (χ0n) is 11.3. The number of hydrazine groups is 1. The van der Waals surface area contributed by atoms with Crippen molar-refractivity contribution in [1.29, 1.82) is 0 Å². The minimum atomic E-state index is 0.240. The first-order valence-electron chi connectivity index (χ1n) is 7.06. The van der Waals surface area contributed by atoms with Gasteiger partial charge in [0.1, 0.15) is 0 Å². The summed E-state index contributed by atoms with van der Waals surface area (Å²) in [6, 6.07) is 6.54. The minimum Gasteiger partial charge on any atom is -0.271 e. The van der Waals surface area contributed by atoms with E-state index in [2.05, 4.69) is 62.4 Å². The van der Waals surface area contributed by atoms with Gasteiger partial charge in [0.2, 0.25) is 0 Å². The molecule has 1 aromatic carbocycles. The number of nitrogens with two attached hydrogens (primary N) is 1. The topological polar surface area (TPSA) is 38.0 Å². The summed E-state index contributed by atoms with van der Waals surface area (Å²) in [6.45, 7) is 2.30. The van der Waals surface area contributed by atoms with E-state index >= 15 is 0 Å². The summed E-state index contributed by atoms with van der Waals surface area (Å²) in [6.07, 6.45) is 6.53. The van der Waals surface area contributed by atoms with E-state index in [1.54, 1.807) is 0 Å². The Labute approximate surface area is 132 Å². The lowest BCUT2D eigenvalue weighted by Crippen LogP contribution is -2.35. The van der Waals surface area contributed by atoms with Gasteiger partial charge in [-0.2, -0.15) is 0 Å². The van der Waals surface area contributed by atoms with Crippen molar-refractivity contribution in [2.45, 2.75) is 45.1 Å². The molecule has 106 valence electrons. The molecular weight excluding hydrogens is 368 g/mol. The molecule has 0 radical (unpaired) electrons. The number of hydrogen-bond donors (Lipinski definition) is 2. The molecular formula is C15H22Br2N2. The quantitative estimate of drug-likeness (QED) is 0.565. The summed E-state index contributed by atoms with van der Waals surface area (Å²) in [5.41, 5.74) is 4.30. The van der Waals surface area contributed by atoms with E-state index in [0.717, 1.165) is 14.9 Å². The molecule has 19 heavy (non-hydrogen) atoms. The summed E-state index contributed by atoms with van der Waals surface area (Å²) in [5, 5.41) is 0.